The van der Waals surface area contributed by atoms with Crippen LogP contribution in [0.5, 0.6) is 0 Å². The zero-order valence-electron chi connectivity index (χ0n) is 7.56. The Balaban J connectivity index is 1.87. The summed E-state index contributed by atoms with van der Waals surface area (Å²) < 4.78 is 11.0. The van der Waals surface area contributed by atoms with Crippen LogP contribution in [0.4, 0.5) is 0 Å². The number of hydrogen-bond acceptors (Lipinski definition) is 4. The molecular weight excluding hydrogens is 204 g/mol. The Hall–Kier alpha value is 0.620. The fraction of sp³-hybridized carbons (Fsp3) is 1.00. The second kappa shape index (κ2) is 4.43. The second-order valence-corrected chi connectivity index (χ2v) is 4.94. The van der Waals surface area contributed by atoms with E-state index in [9.17, 15) is 0 Å². The van der Waals surface area contributed by atoms with Crippen molar-refractivity contribution in [3.63, 3.8) is 0 Å². The van der Waals surface area contributed by atoms with Crippen molar-refractivity contribution < 1.29 is 9.47 Å². The third-order valence-electron chi connectivity index (χ3n) is 2.84. The lowest BCUT2D eigenvalue weighted by Gasteiger charge is -2.30. The van der Waals surface area contributed by atoms with Gasteiger partial charge in [0.25, 0.3) is 0 Å². The fourth-order valence-corrected chi connectivity index (χ4v) is 2.97. The molecular formula is C9H16O2S2. The largest absolute Gasteiger partial charge is 0.350 e. The molecule has 0 radical (unpaired) electrons. The van der Waals surface area contributed by atoms with Gasteiger partial charge in [-0.25, -0.2) is 0 Å². The van der Waals surface area contributed by atoms with Gasteiger partial charge in [0.1, 0.15) is 0 Å². The number of ether oxygens (including phenoxy) is 2. The molecule has 2 aliphatic heterocycles. The van der Waals surface area contributed by atoms with Crippen LogP contribution >= 0.6 is 25.3 Å². The molecule has 13 heavy (non-hydrogen) atoms. The summed E-state index contributed by atoms with van der Waals surface area (Å²) in [4.78, 5) is 0. The number of fused-ring (bicyclic) bond motifs is 2. The van der Waals surface area contributed by atoms with E-state index in [2.05, 4.69) is 25.3 Å². The first-order chi connectivity index (χ1) is 6.29. The van der Waals surface area contributed by atoms with E-state index in [1.807, 2.05) is 0 Å². The van der Waals surface area contributed by atoms with E-state index in [1.165, 1.54) is 0 Å². The maximum Gasteiger partial charge on any atom is 0.158 e. The van der Waals surface area contributed by atoms with Crippen molar-refractivity contribution in [2.45, 2.75) is 36.9 Å². The van der Waals surface area contributed by atoms with Gasteiger partial charge in [0.2, 0.25) is 0 Å². The quantitative estimate of drug-likeness (QED) is 0.706. The summed E-state index contributed by atoms with van der Waals surface area (Å²) in [6.07, 6.45) is 3.59. The summed E-state index contributed by atoms with van der Waals surface area (Å²) in [5.41, 5.74) is 0. The highest BCUT2D eigenvalue weighted by Gasteiger charge is 2.37. The van der Waals surface area contributed by atoms with Crippen LogP contribution < -0.4 is 0 Å². The zero-order valence-corrected chi connectivity index (χ0v) is 9.34. The molecule has 0 spiro atoms. The Labute approximate surface area is 90.2 Å². The first-order valence-corrected chi connectivity index (χ1v) is 6.00. The van der Waals surface area contributed by atoms with Crippen molar-refractivity contribution in [2.24, 2.45) is 5.92 Å². The number of rotatable bonds is 3. The highest BCUT2D eigenvalue weighted by Crippen LogP contribution is 2.35. The fourth-order valence-electron chi connectivity index (χ4n) is 2.12. The van der Waals surface area contributed by atoms with Gasteiger partial charge >= 0.3 is 0 Å². The lowest BCUT2D eigenvalue weighted by molar-refractivity contribution is -0.0979. The molecule has 2 bridgehead atoms. The van der Waals surface area contributed by atoms with Gasteiger partial charge in [-0.1, -0.05) is 0 Å². The summed E-state index contributed by atoms with van der Waals surface area (Å²) in [6.45, 7) is 0.780. The summed E-state index contributed by atoms with van der Waals surface area (Å²) in [7, 11) is 0. The van der Waals surface area contributed by atoms with Crippen molar-refractivity contribution in [3.8, 4) is 0 Å². The highest BCUT2D eigenvalue weighted by atomic mass is 32.1. The van der Waals surface area contributed by atoms with E-state index < -0.39 is 0 Å². The predicted molar refractivity (Wildman–Crippen MR) is 58.6 cm³/mol. The van der Waals surface area contributed by atoms with Crippen molar-refractivity contribution in [1.82, 2.24) is 0 Å². The van der Waals surface area contributed by atoms with Gasteiger partial charge in [0.05, 0.1) is 12.7 Å². The molecule has 2 nitrogen and oxygen atoms in total. The first-order valence-electron chi connectivity index (χ1n) is 4.85. The number of thiol groups is 2. The van der Waals surface area contributed by atoms with Crippen LogP contribution in [-0.2, 0) is 9.47 Å². The zero-order chi connectivity index (χ0) is 9.26. The van der Waals surface area contributed by atoms with E-state index in [-0.39, 0.29) is 6.29 Å². The van der Waals surface area contributed by atoms with Crippen LogP contribution in [0, 0.1) is 5.92 Å². The van der Waals surface area contributed by atoms with Gasteiger partial charge in [0, 0.05) is 11.7 Å². The Morgan fingerprint density at radius 1 is 1.38 bits per heavy atom. The highest BCUT2D eigenvalue weighted by molar-refractivity contribution is 7.81. The summed E-state index contributed by atoms with van der Waals surface area (Å²) in [6, 6.07) is 0. The van der Waals surface area contributed by atoms with Gasteiger partial charge in [-0.3, -0.25) is 0 Å². The molecule has 2 saturated heterocycles. The van der Waals surface area contributed by atoms with Crippen molar-refractivity contribution >= 4 is 25.3 Å². The second-order valence-electron chi connectivity index (χ2n) is 3.83. The van der Waals surface area contributed by atoms with Gasteiger partial charge in [0.15, 0.2) is 6.29 Å². The molecule has 0 amide bonds. The van der Waals surface area contributed by atoms with Gasteiger partial charge < -0.3 is 9.47 Å². The minimum absolute atomic E-state index is 0.0540. The topological polar surface area (TPSA) is 18.5 Å². The molecule has 0 aromatic heterocycles. The van der Waals surface area contributed by atoms with Crippen molar-refractivity contribution in [1.29, 1.82) is 0 Å². The molecule has 2 rings (SSSR count). The SMILES string of the molecule is SCCC(S)C1C[C@@H]2CO[C@H](C1)O2. The van der Waals surface area contributed by atoms with Crippen LogP contribution in [0.25, 0.3) is 0 Å². The molecule has 0 N–H and O–H groups in total. The third kappa shape index (κ3) is 2.35. The molecule has 2 unspecified atom stereocenters. The Kier molecular flexibility index (Phi) is 3.46. The molecule has 0 saturated carbocycles. The third-order valence-corrected chi connectivity index (χ3v) is 3.78. The van der Waals surface area contributed by atoms with E-state index in [4.69, 9.17) is 9.47 Å². The monoisotopic (exact) mass is 220 g/mol. The first kappa shape index (κ1) is 10.1. The molecule has 4 atom stereocenters. The molecule has 4 heteroatoms. The van der Waals surface area contributed by atoms with E-state index >= 15 is 0 Å². The Morgan fingerprint density at radius 2 is 2.23 bits per heavy atom. The lowest BCUT2D eigenvalue weighted by Crippen LogP contribution is -2.31. The average molecular weight is 220 g/mol. The summed E-state index contributed by atoms with van der Waals surface area (Å²) in [5.74, 6) is 1.57. The predicted octanol–water partition coefficient (Wildman–Crippen LogP) is 1.76. The smallest absolute Gasteiger partial charge is 0.158 e. The lowest BCUT2D eigenvalue weighted by atomic mass is 9.91. The minimum atomic E-state index is 0.0540. The van der Waals surface area contributed by atoms with Crippen LogP contribution in [0.3, 0.4) is 0 Å². The van der Waals surface area contributed by atoms with Crippen LogP contribution in [0.15, 0.2) is 0 Å². The summed E-state index contributed by atoms with van der Waals surface area (Å²) >= 11 is 8.83. The normalized spacial score (nSPS) is 40.6. The van der Waals surface area contributed by atoms with Gasteiger partial charge in [-0.05, 0) is 24.5 Å². The average Bonchev–Trinajstić information content (AvgIpc) is 2.46. The van der Waals surface area contributed by atoms with Crippen molar-refractivity contribution in [3.05, 3.63) is 0 Å². The molecule has 0 aliphatic carbocycles. The van der Waals surface area contributed by atoms with E-state index in [1.54, 1.807) is 0 Å². The van der Waals surface area contributed by atoms with Crippen LogP contribution in [0.2, 0.25) is 0 Å². The van der Waals surface area contributed by atoms with Gasteiger partial charge in [-0.15, -0.1) is 0 Å². The molecule has 0 aromatic carbocycles. The molecule has 2 aliphatic rings. The van der Waals surface area contributed by atoms with Crippen LogP contribution in [-0.4, -0.2) is 30.0 Å². The van der Waals surface area contributed by atoms with Crippen LogP contribution in [0.1, 0.15) is 19.3 Å². The molecule has 2 fully saturated rings. The molecule has 76 valence electrons. The van der Waals surface area contributed by atoms with Crippen molar-refractivity contribution in [2.75, 3.05) is 12.4 Å². The Morgan fingerprint density at radius 3 is 2.92 bits per heavy atom. The summed E-state index contributed by atoms with van der Waals surface area (Å²) in [5, 5.41) is 0.466. The minimum Gasteiger partial charge on any atom is -0.350 e. The van der Waals surface area contributed by atoms with E-state index in [0.29, 0.717) is 17.3 Å². The molecule has 0 aromatic rings. The van der Waals surface area contributed by atoms with Gasteiger partial charge in [-0.2, -0.15) is 25.3 Å². The molecule has 2 heterocycles. The Bertz CT molecular complexity index is 165. The maximum atomic E-state index is 5.58. The van der Waals surface area contributed by atoms with E-state index in [0.717, 1.165) is 31.6 Å². The maximum absolute atomic E-state index is 5.58. The standard InChI is InChI=1S/C9H16O2S2/c12-2-1-8(13)6-3-7-5-10-9(4-6)11-7/h6-9,12-13H,1-5H2/t6?,7-,8?,9+/m1/s1. The number of hydrogen-bond donors (Lipinski definition) is 2.